The van der Waals surface area contributed by atoms with Gasteiger partial charge in [-0.1, -0.05) is 6.07 Å². The number of rotatable bonds is 4. The smallest absolute Gasteiger partial charge is 0.191 e. The zero-order valence-corrected chi connectivity index (χ0v) is 17.0. The van der Waals surface area contributed by atoms with Crippen LogP contribution in [0.1, 0.15) is 33.6 Å². The molecule has 0 spiro atoms. The summed E-state index contributed by atoms with van der Waals surface area (Å²) in [5.41, 5.74) is 6.46. The van der Waals surface area contributed by atoms with E-state index in [1.54, 1.807) is 13.0 Å². The zero-order valence-electron chi connectivity index (χ0n) is 17.0. The molecular weight excluding hydrogens is 390 g/mol. The number of ketones is 1. The average molecular weight is 414 g/mol. The number of Topliss-reactive ketones (excluding diaryl/α,β-unsaturated/α-hetero) is 1. The highest BCUT2D eigenvalue weighted by molar-refractivity contribution is 5.96. The van der Waals surface area contributed by atoms with Gasteiger partial charge in [0.2, 0.25) is 0 Å². The van der Waals surface area contributed by atoms with E-state index in [2.05, 4.69) is 9.98 Å². The van der Waals surface area contributed by atoms with E-state index in [4.69, 9.17) is 10.5 Å². The molecule has 6 nitrogen and oxygen atoms in total. The van der Waals surface area contributed by atoms with Gasteiger partial charge in [-0.25, -0.2) is 18.8 Å². The maximum Gasteiger partial charge on any atom is 0.191 e. The van der Waals surface area contributed by atoms with Crippen LogP contribution in [0.2, 0.25) is 0 Å². The van der Waals surface area contributed by atoms with Crippen LogP contribution in [0, 0.1) is 24.5 Å². The minimum atomic E-state index is -0.939. The van der Waals surface area contributed by atoms with Crippen molar-refractivity contribution >= 4 is 11.7 Å². The molecule has 0 saturated carbocycles. The van der Waals surface area contributed by atoms with E-state index >= 15 is 0 Å². The molecule has 1 aromatic carbocycles. The van der Waals surface area contributed by atoms with Gasteiger partial charge in [-0.2, -0.15) is 0 Å². The number of aliphatic imine (C=N–C) groups is 1. The molecule has 2 atom stereocenters. The lowest BCUT2D eigenvalue weighted by molar-refractivity contribution is -0.0160. The van der Waals surface area contributed by atoms with E-state index in [1.807, 2.05) is 11.9 Å². The standard InChI is InChI=1S/C22H24F2N4O2/c1-13-7-18(24)20(26-10-13)19(29)9-14-3-4-17(23)16(8-14)22-12-30-6-5-15(22)11-28(2)21(25)27-22/h3-4,7-8,10,15H,5-6,9,11-12H2,1-2H3,(H2,25,27)/t15?,22-/m0/s1. The molecule has 1 unspecified atom stereocenters. The number of ether oxygens (including phenoxy) is 1. The Labute approximate surface area is 173 Å². The van der Waals surface area contributed by atoms with E-state index in [0.29, 0.717) is 35.8 Å². The van der Waals surface area contributed by atoms with Gasteiger partial charge in [0.1, 0.15) is 17.1 Å². The Morgan fingerprint density at radius 2 is 2.13 bits per heavy atom. The van der Waals surface area contributed by atoms with Crippen LogP contribution in [0.4, 0.5) is 8.78 Å². The molecule has 2 aliphatic rings. The number of nitrogens with zero attached hydrogens (tertiary/aromatic N) is 3. The number of aromatic nitrogens is 1. The quantitative estimate of drug-likeness (QED) is 0.778. The molecule has 2 aliphatic heterocycles. The Bertz CT molecular complexity index is 1030. The fourth-order valence-corrected chi connectivity index (χ4v) is 4.27. The van der Waals surface area contributed by atoms with Crippen molar-refractivity contribution in [3.8, 4) is 0 Å². The van der Waals surface area contributed by atoms with Crippen molar-refractivity contribution in [2.24, 2.45) is 16.6 Å². The van der Waals surface area contributed by atoms with Crippen LogP contribution in [0.3, 0.4) is 0 Å². The summed E-state index contributed by atoms with van der Waals surface area (Å²) in [6.45, 7) is 3.13. The number of fused-ring (bicyclic) bond motifs is 1. The molecule has 0 radical (unpaired) electrons. The lowest BCUT2D eigenvalue weighted by Crippen LogP contribution is -2.55. The molecule has 4 rings (SSSR count). The van der Waals surface area contributed by atoms with E-state index in [9.17, 15) is 13.6 Å². The van der Waals surface area contributed by atoms with Crippen molar-refractivity contribution in [3.63, 3.8) is 0 Å². The maximum absolute atomic E-state index is 15.0. The summed E-state index contributed by atoms with van der Waals surface area (Å²) in [6.07, 6.45) is 2.08. The third kappa shape index (κ3) is 3.56. The first-order valence-electron chi connectivity index (χ1n) is 9.88. The van der Waals surface area contributed by atoms with Gasteiger partial charge in [0.05, 0.1) is 6.61 Å². The first kappa shape index (κ1) is 20.4. The van der Waals surface area contributed by atoms with Crippen molar-refractivity contribution in [2.75, 3.05) is 26.8 Å². The van der Waals surface area contributed by atoms with Crippen LogP contribution in [0.15, 0.2) is 35.5 Å². The minimum Gasteiger partial charge on any atom is -0.379 e. The molecule has 0 bridgehead atoms. The number of benzene rings is 1. The predicted octanol–water partition coefficient (Wildman–Crippen LogP) is 2.59. The molecule has 2 N–H and O–H groups in total. The summed E-state index contributed by atoms with van der Waals surface area (Å²) < 4.78 is 34.8. The van der Waals surface area contributed by atoms with Crippen molar-refractivity contribution < 1.29 is 18.3 Å². The molecule has 3 heterocycles. The van der Waals surface area contributed by atoms with Crippen LogP contribution >= 0.6 is 0 Å². The van der Waals surface area contributed by atoms with Crippen LogP contribution in [-0.4, -0.2) is 48.4 Å². The summed E-state index contributed by atoms with van der Waals surface area (Å²) in [7, 11) is 1.85. The van der Waals surface area contributed by atoms with Gasteiger partial charge in [0.15, 0.2) is 17.6 Å². The molecule has 0 amide bonds. The Morgan fingerprint density at radius 3 is 2.90 bits per heavy atom. The number of hydrogen-bond acceptors (Lipinski definition) is 6. The minimum absolute atomic E-state index is 0.0280. The highest BCUT2D eigenvalue weighted by Gasteiger charge is 2.48. The van der Waals surface area contributed by atoms with Gasteiger partial charge >= 0.3 is 0 Å². The van der Waals surface area contributed by atoms with Crippen molar-refractivity contribution in [2.45, 2.75) is 25.3 Å². The van der Waals surface area contributed by atoms with Crippen LogP contribution in [0.5, 0.6) is 0 Å². The largest absolute Gasteiger partial charge is 0.379 e. The molecule has 158 valence electrons. The molecule has 1 aromatic heterocycles. The number of nitrogens with two attached hydrogens (primary N) is 1. The Hall–Kier alpha value is -2.87. The number of hydrogen-bond donors (Lipinski definition) is 1. The first-order valence-corrected chi connectivity index (χ1v) is 9.88. The van der Waals surface area contributed by atoms with Crippen molar-refractivity contribution in [1.82, 2.24) is 9.88 Å². The van der Waals surface area contributed by atoms with Gasteiger partial charge in [-0.3, -0.25) is 4.79 Å². The van der Waals surface area contributed by atoms with Crippen molar-refractivity contribution in [1.29, 1.82) is 0 Å². The van der Waals surface area contributed by atoms with Gasteiger partial charge < -0.3 is 15.4 Å². The van der Waals surface area contributed by atoms with Crippen LogP contribution in [0.25, 0.3) is 0 Å². The monoisotopic (exact) mass is 414 g/mol. The second kappa shape index (κ2) is 7.75. The fourth-order valence-electron chi connectivity index (χ4n) is 4.27. The van der Waals surface area contributed by atoms with E-state index in [-0.39, 0.29) is 24.6 Å². The number of carbonyl (C=O) groups is 1. The second-order valence-corrected chi connectivity index (χ2v) is 8.07. The van der Waals surface area contributed by atoms with E-state index < -0.39 is 23.0 Å². The number of guanidine groups is 1. The molecule has 8 heteroatoms. The molecule has 1 saturated heterocycles. The Balaban J connectivity index is 1.70. The second-order valence-electron chi connectivity index (χ2n) is 8.07. The summed E-state index contributed by atoms with van der Waals surface area (Å²) in [5, 5.41) is 0. The summed E-state index contributed by atoms with van der Waals surface area (Å²) >= 11 is 0. The van der Waals surface area contributed by atoms with E-state index in [1.165, 1.54) is 24.4 Å². The van der Waals surface area contributed by atoms with Crippen molar-refractivity contribution in [3.05, 3.63) is 64.5 Å². The first-order chi connectivity index (χ1) is 14.3. The van der Waals surface area contributed by atoms with Gasteiger partial charge in [-0.05, 0) is 42.7 Å². The van der Waals surface area contributed by atoms with Gasteiger partial charge in [0, 0.05) is 44.3 Å². The van der Waals surface area contributed by atoms with E-state index in [0.717, 1.165) is 6.42 Å². The fraction of sp³-hybridized carbons (Fsp3) is 0.409. The predicted molar refractivity (Wildman–Crippen MR) is 108 cm³/mol. The molecule has 2 aromatic rings. The number of carbonyl (C=O) groups excluding carboxylic acids is 1. The highest BCUT2D eigenvalue weighted by atomic mass is 19.1. The number of aryl methyl sites for hydroxylation is 1. The van der Waals surface area contributed by atoms with Gasteiger partial charge in [-0.15, -0.1) is 0 Å². The normalized spacial score (nSPS) is 23.7. The SMILES string of the molecule is Cc1cnc(C(=O)Cc2ccc(F)c([C@]34COCCC3CN(C)C(N)=N4)c2)c(F)c1. The average Bonchev–Trinajstić information content (AvgIpc) is 2.70. The third-order valence-electron chi connectivity index (χ3n) is 5.91. The third-order valence-corrected chi connectivity index (χ3v) is 5.91. The summed E-state index contributed by atoms with van der Waals surface area (Å²) in [4.78, 5) is 23.0. The maximum atomic E-state index is 15.0. The zero-order chi connectivity index (χ0) is 21.5. The molecule has 30 heavy (non-hydrogen) atoms. The molecular formula is C22H24F2N4O2. The highest BCUT2D eigenvalue weighted by Crippen LogP contribution is 2.43. The lowest BCUT2D eigenvalue weighted by Gasteiger charge is -2.46. The number of halogens is 2. The van der Waals surface area contributed by atoms with Crippen LogP contribution in [-0.2, 0) is 16.7 Å². The van der Waals surface area contributed by atoms with Gasteiger partial charge in [0.25, 0.3) is 0 Å². The Morgan fingerprint density at radius 1 is 1.33 bits per heavy atom. The molecule has 0 aliphatic carbocycles. The lowest BCUT2D eigenvalue weighted by atomic mass is 9.74. The van der Waals surface area contributed by atoms with Crippen LogP contribution < -0.4 is 5.73 Å². The Kier molecular flexibility index (Phi) is 5.27. The molecule has 1 fully saturated rings. The summed E-state index contributed by atoms with van der Waals surface area (Å²) in [5.74, 6) is -1.20. The summed E-state index contributed by atoms with van der Waals surface area (Å²) in [6, 6.07) is 5.75. The topological polar surface area (TPSA) is 80.8 Å². The number of pyridine rings is 1.